The van der Waals surface area contributed by atoms with Gasteiger partial charge >= 0.3 is 0 Å². The molecule has 0 bridgehead atoms. The van der Waals surface area contributed by atoms with E-state index in [9.17, 15) is 9.50 Å². The van der Waals surface area contributed by atoms with Gasteiger partial charge in [0, 0.05) is 15.9 Å². The molecule has 0 spiro atoms. The van der Waals surface area contributed by atoms with Crippen molar-refractivity contribution >= 4 is 27.5 Å². The van der Waals surface area contributed by atoms with Gasteiger partial charge in [-0.25, -0.2) is 4.39 Å². The van der Waals surface area contributed by atoms with Crippen LogP contribution in [0.4, 0.5) is 4.39 Å². The predicted molar refractivity (Wildman–Crippen MR) is 79.0 cm³/mol. The van der Waals surface area contributed by atoms with Crippen molar-refractivity contribution in [2.75, 3.05) is 0 Å². The maximum atomic E-state index is 13.7. The van der Waals surface area contributed by atoms with E-state index in [2.05, 4.69) is 15.9 Å². The summed E-state index contributed by atoms with van der Waals surface area (Å²) in [7, 11) is 0. The molecule has 2 aromatic carbocycles. The van der Waals surface area contributed by atoms with Gasteiger partial charge in [0.25, 0.3) is 0 Å². The molecule has 0 fully saturated rings. The number of hydrogen-bond acceptors (Lipinski definition) is 1. The monoisotopic (exact) mass is 342 g/mol. The number of aliphatic hydroxyl groups excluding tert-OH is 1. The van der Waals surface area contributed by atoms with Gasteiger partial charge in [0.1, 0.15) is 5.82 Å². The van der Waals surface area contributed by atoms with Crippen LogP contribution >= 0.6 is 27.5 Å². The van der Waals surface area contributed by atoms with Gasteiger partial charge in [0.15, 0.2) is 0 Å². The molecule has 0 saturated carbocycles. The van der Waals surface area contributed by atoms with Crippen LogP contribution in [0.25, 0.3) is 0 Å². The normalized spacial score (nSPS) is 12.5. The molecule has 2 aromatic rings. The highest BCUT2D eigenvalue weighted by Crippen LogP contribution is 2.26. The zero-order valence-electron chi connectivity index (χ0n) is 10.3. The lowest BCUT2D eigenvalue weighted by atomic mass is 9.97. The summed E-state index contributed by atoms with van der Waals surface area (Å²) in [6.07, 6.45) is -0.561. The number of halogens is 3. The van der Waals surface area contributed by atoms with Crippen LogP contribution in [0.2, 0.25) is 5.02 Å². The summed E-state index contributed by atoms with van der Waals surface area (Å²) in [6, 6.07) is 10.0. The van der Waals surface area contributed by atoms with Crippen LogP contribution in [0, 0.1) is 12.7 Å². The van der Waals surface area contributed by atoms with Crippen molar-refractivity contribution in [1.29, 1.82) is 0 Å². The van der Waals surface area contributed by atoms with Gasteiger partial charge in [0.05, 0.1) is 6.10 Å². The quantitative estimate of drug-likeness (QED) is 0.846. The molecule has 0 heterocycles. The summed E-state index contributed by atoms with van der Waals surface area (Å²) >= 11 is 9.23. The predicted octanol–water partition coefficient (Wildman–Crippen LogP) is 4.83. The maximum Gasteiger partial charge on any atom is 0.126 e. The molecular weight excluding hydrogens is 331 g/mol. The number of hydrogen-bond donors (Lipinski definition) is 1. The smallest absolute Gasteiger partial charge is 0.126 e. The molecule has 1 N–H and O–H groups in total. The molecule has 0 radical (unpaired) electrons. The van der Waals surface area contributed by atoms with Gasteiger partial charge in [-0.2, -0.15) is 0 Å². The van der Waals surface area contributed by atoms with E-state index in [4.69, 9.17) is 11.6 Å². The van der Waals surface area contributed by atoms with Crippen molar-refractivity contribution in [1.82, 2.24) is 0 Å². The Hall–Kier alpha value is -0.900. The van der Waals surface area contributed by atoms with E-state index in [0.717, 1.165) is 15.6 Å². The number of rotatable bonds is 3. The average Bonchev–Trinajstić information content (AvgIpc) is 2.36. The highest BCUT2D eigenvalue weighted by atomic mass is 79.9. The Morgan fingerprint density at radius 1 is 1.26 bits per heavy atom. The summed E-state index contributed by atoms with van der Waals surface area (Å²) in [6.45, 7) is 1.89. The van der Waals surface area contributed by atoms with Gasteiger partial charge < -0.3 is 5.11 Å². The fourth-order valence-electron chi connectivity index (χ4n) is 1.99. The highest BCUT2D eigenvalue weighted by Gasteiger charge is 2.14. The second-order valence-electron chi connectivity index (χ2n) is 4.46. The number of benzene rings is 2. The molecule has 1 nitrogen and oxygen atoms in total. The lowest BCUT2D eigenvalue weighted by Crippen LogP contribution is -2.05. The Kier molecular flexibility index (Phi) is 4.61. The Morgan fingerprint density at radius 2 is 2.00 bits per heavy atom. The molecule has 2 rings (SSSR count). The fourth-order valence-corrected chi connectivity index (χ4v) is 2.58. The molecule has 0 amide bonds. The van der Waals surface area contributed by atoms with Gasteiger partial charge in [-0.15, -0.1) is 0 Å². The van der Waals surface area contributed by atoms with E-state index >= 15 is 0 Å². The fraction of sp³-hybridized carbons (Fsp3) is 0.200. The Labute approximate surface area is 125 Å². The van der Waals surface area contributed by atoms with Crippen molar-refractivity contribution in [3.05, 3.63) is 68.4 Å². The molecule has 0 aliphatic heterocycles. The third-order valence-corrected chi connectivity index (χ3v) is 3.75. The van der Waals surface area contributed by atoms with Gasteiger partial charge in [-0.1, -0.05) is 33.6 Å². The van der Waals surface area contributed by atoms with Gasteiger partial charge in [-0.05, 0) is 53.9 Å². The largest absolute Gasteiger partial charge is 0.388 e. The van der Waals surface area contributed by atoms with Crippen LogP contribution in [0.5, 0.6) is 0 Å². The van der Waals surface area contributed by atoms with Crippen LogP contribution < -0.4 is 0 Å². The third kappa shape index (κ3) is 3.56. The van der Waals surface area contributed by atoms with E-state index < -0.39 is 6.10 Å². The lowest BCUT2D eigenvalue weighted by molar-refractivity contribution is 0.176. The van der Waals surface area contributed by atoms with E-state index in [1.54, 1.807) is 24.3 Å². The van der Waals surface area contributed by atoms with Crippen LogP contribution in [0.3, 0.4) is 0 Å². The molecule has 0 saturated heterocycles. The molecule has 19 heavy (non-hydrogen) atoms. The lowest BCUT2D eigenvalue weighted by Gasteiger charge is -2.15. The highest BCUT2D eigenvalue weighted by molar-refractivity contribution is 9.10. The zero-order chi connectivity index (χ0) is 14.0. The SMILES string of the molecule is Cc1ccc(Cl)cc1C(O)Cc1cc(Br)ccc1F. The topological polar surface area (TPSA) is 20.2 Å². The molecule has 1 atom stereocenters. The van der Waals surface area contributed by atoms with E-state index in [1.165, 1.54) is 6.07 Å². The van der Waals surface area contributed by atoms with Gasteiger partial charge in [0.2, 0.25) is 0 Å². The van der Waals surface area contributed by atoms with Crippen molar-refractivity contribution in [3.8, 4) is 0 Å². The first-order chi connectivity index (χ1) is 8.97. The first-order valence-electron chi connectivity index (χ1n) is 5.85. The first-order valence-corrected chi connectivity index (χ1v) is 7.02. The van der Waals surface area contributed by atoms with Crippen molar-refractivity contribution in [2.24, 2.45) is 0 Å². The van der Waals surface area contributed by atoms with Crippen LogP contribution in [0.1, 0.15) is 22.8 Å². The number of aryl methyl sites for hydroxylation is 1. The second kappa shape index (κ2) is 6.04. The average molecular weight is 344 g/mol. The summed E-state index contributed by atoms with van der Waals surface area (Å²) in [5, 5.41) is 10.8. The minimum absolute atomic E-state index is 0.215. The minimum Gasteiger partial charge on any atom is -0.388 e. The van der Waals surface area contributed by atoms with Gasteiger partial charge in [-0.3, -0.25) is 0 Å². The minimum atomic E-state index is -0.775. The van der Waals surface area contributed by atoms with Crippen molar-refractivity contribution in [3.63, 3.8) is 0 Å². The standard InChI is InChI=1S/C15H13BrClFO/c1-9-2-4-12(17)8-13(9)15(19)7-10-6-11(16)3-5-14(10)18/h2-6,8,15,19H,7H2,1H3. The van der Waals surface area contributed by atoms with Crippen LogP contribution in [-0.4, -0.2) is 5.11 Å². The molecule has 100 valence electrons. The maximum absolute atomic E-state index is 13.7. The second-order valence-corrected chi connectivity index (χ2v) is 5.81. The molecule has 0 aromatic heterocycles. The van der Waals surface area contributed by atoms with Crippen molar-refractivity contribution in [2.45, 2.75) is 19.4 Å². The summed E-state index contributed by atoms with van der Waals surface area (Å²) in [5.74, 6) is -0.318. The molecule has 4 heteroatoms. The Bertz CT molecular complexity index is 601. The first kappa shape index (κ1) is 14.5. The summed E-state index contributed by atoms with van der Waals surface area (Å²) < 4.78 is 14.5. The molecule has 0 aliphatic rings. The Morgan fingerprint density at radius 3 is 2.74 bits per heavy atom. The summed E-state index contributed by atoms with van der Waals surface area (Å²) in [4.78, 5) is 0. The van der Waals surface area contributed by atoms with E-state index in [1.807, 2.05) is 13.0 Å². The van der Waals surface area contributed by atoms with Crippen molar-refractivity contribution < 1.29 is 9.50 Å². The summed E-state index contributed by atoms with van der Waals surface area (Å²) in [5.41, 5.74) is 2.14. The number of aliphatic hydroxyl groups is 1. The molecule has 0 aliphatic carbocycles. The molecule has 1 unspecified atom stereocenters. The van der Waals surface area contributed by atoms with E-state index in [-0.39, 0.29) is 12.2 Å². The zero-order valence-corrected chi connectivity index (χ0v) is 12.7. The van der Waals surface area contributed by atoms with Crippen LogP contribution in [0.15, 0.2) is 40.9 Å². The van der Waals surface area contributed by atoms with Crippen LogP contribution in [-0.2, 0) is 6.42 Å². The van der Waals surface area contributed by atoms with E-state index in [0.29, 0.717) is 10.6 Å². The third-order valence-electron chi connectivity index (χ3n) is 3.02. The molecular formula is C15H13BrClFO. The Balaban J connectivity index is 2.27.